The van der Waals surface area contributed by atoms with Gasteiger partial charge in [-0.3, -0.25) is 0 Å². The molecule has 4 heteroatoms. The fourth-order valence-corrected chi connectivity index (χ4v) is 3.19. The average molecular weight is 318 g/mol. The SMILES string of the molecule is COc1ccc2c(c1)CCNC2c1cc(Cl)c(C)cc1OC. The number of fused-ring (bicyclic) bond motifs is 1. The quantitative estimate of drug-likeness (QED) is 0.931. The molecule has 1 aliphatic rings. The molecule has 3 rings (SSSR count). The van der Waals surface area contributed by atoms with Crippen LogP contribution in [0.5, 0.6) is 11.5 Å². The Morgan fingerprint density at radius 2 is 1.91 bits per heavy atom. The highest BCUT2D eigenvalue weighted by molar-refractivity contribution is 6.31. The summed E-state index contributed by atoms with van der Waals surface area (Å²) < 4.78 is 10.9. The van der Waals surface area contributed by atoms with Crippen molar-refractivity contribution in [1.29, 1.82) is 0 Å². The van der Waals surface area contributed by atoms with Gasteiger partial charge in [-0.2, -0.15) is 0 Å². The van der Waals surface area contributed by atoms with Crippen molar-refractivity contribution in [2.24, 2.45) is 0 Å². The van der Waals surface area contributed by atoms with Crippen molar-refractivity contribution in [3.05, 3.63) is 57.6 Å². The maximum absolute atomic E-state index is 6.33. The number of hydrogen-bond acceptors (Lipinski definition) is 3. The van der Waals surface area contributed by atoms with Gasteiger partial charge < -0.3 is 14.8 Å². The zero-order valence-electron chi connectivity index (χ0n) is 13.1. The maximum atomic E-state index is 6.33. The van der Waals surface area contributed by atoms with Crippen LogP contribution in [0.4, 0.5) is 0 Å². The Kier molecular flexibility index (Phi) is 4.27. The number of benzene rings is 2. The summed E-state index contributed by atoms with van der Waals surface area (Å²) in [6, 6.07) is 10.3. The smallest absolute Gasteiger partial charge is 0.124 e. The van der Waals surface area contributed by atoms with Crippen LogP contribution in [0.3, 0.4) is 0 Å². The molecular weight excluding hydrogens is 298 g/mol. The predicted octanol–water partition coefficient (Wildman–Crippen LogP) is 3.90. The van der Waals surface area contributed by atoms with E-state index in [1.54, 1.807) is 14.2 Å². The van der Waals surface area contributed by atoms with Crippen molar-refractivity contribution in [2.45, 2.75) is 19.4 Å². The number of nitrogens with one attached hydrogen (secondary N) is 1. The molecule has 0 radical (unpaired) electrons. The maximum Gasteiger partial charge on any atom is 0.124 e. The van der Waals surface area contributed by atoms with Gasteiger partial charge in [0, 0.05) is 17.1 Å². The van der Waals surface area contributed by atoms with Gasteiger partial charge in [0.1, 0.15) is 11.5 Å². The first-order chi connectivity index (χ1) is 10.6. The first kappa shape index (κ1) is 15.2. The second-order valence-corrected chi connectivity index (χ2v) is 5.95. The van der Waals surface area contributed by atoms with Crippen LogP contribution in [-0.2, 0) is 6.42 Å². The van der Waals surface area contributed by atoms with Crippen molar-refractivity contribution in [2.75, 3.05) is 20.8 Å². The summed E-state index contributed by atoms with van der Waals surface area (Å²) in [6.45, 7) is 2.90. The van der Waals surface area contributed by atoms with E-state index >= 15 is 0 Å². The Labute approximate surface area is 136 Å². The van der Waals surface area contributed by atoms with Crippen LogP contribution in [0.25, 0.3) is 0 Å². The first-order valence-corrected chi connectivity index (χ1v) is 7.76. The highest BCUT2D eigenvalue weighted by atomic mass is 35.5. The van der Waals surface area contributed by atoms with Crippen LogP contribution >= 0.6 is 11.6 Å². The molecule has 22 heavy (non-hydrogen) atoms. The topological polar surface area (TPSA) is 30.5 Å². The molecule has 0 aromatic heterocycles. The van der Waals surface area contributed by atoms with Crippen LogP contribution in [-0.4, -0.2) is 20.8 Å². The number of methoxy groups -OCH3 is 2. The van der Waals surface area contributed by atoms with E-state index in [4.69, 9.17) is 21.1 Å². The fourth-order valence-electron chi connectivity index (χ4n) is 3.02. The third kappa shape index (κ3) is 2.67. The lowest BCUT2D eigenvalue weighted by Gasteiger charge is -2.29. The second kappa shape index (κ2) is 6.19. The molecular formula is C18H20ClNO2. The standard InChI is InChI=1S/C18H20ClNO2/c1-11-8-17(22-3)15(10-16(11)19)18-14-5-4-13(21-2)9-12(14)6-7-20-18/h4-5,8-10,18,20H,6-7H2,1-3H3. The second-order valence-electron chi connectivity index (χ2n) is 5.55. The number of rotatable bonds is 3. The third-order valence-electron chi connectivity index (χ3n) is 4.23. The molecule has 3 nitrogen and oxygen atoms in total. The van der Waals surface area contributed by atoms with E-state index < -0.39 is 0 Å². The third-order valence-corrected chi connectivity index (χ3v) is 4.63. The highest BCUT2D eigenvalue weighted by Crippen LogP contribution is 2.37. The van der Waals surface area contributed by atoms with Crippen molar-refractivity contribution >= 4 is 11.6 Å². The lowest BCUT2D eigenvalue weighted by Crippen LogP contribution is -2.30. The van der Waals surface area contributed by atoms with Gasteiger partial charge in [0.05, 0.1) is 20.3 Å². The molecule has 0 amide bonds. The minimum Gasteiger partial charge on any atom is -0.497 e. The summed E-state index contributed by atoms with van der Waals surface area (Å²) in [4.78, 5) is 0. The number of hydrogen-bond donors (Lipinski definition) is 1. The fraction of sp³-hybridized carbons (Fsp3) is 0.333. The molecule has 2 aromatic rings. The molecule has 1 atom stereocenters. The minimum atomic E-state index is 0.0858. The minimum absolute atomic E-state index is 0.0858. The summed E-state index contributed by atoms with van der Waals surface area (Å²) in [5.74, 6) is 1.76. The van der Waals surface area contributed by atoms with Gasteiger partial charge in [0.25, 0.3) is 0 Å². The van der Waals surface area contributed by atoms with Crippen LogP contribution in [0.15, 0.2) is 30.3 Å². The molecule has 0 bridgehead atoms. The summed E-state index contributed by atoms with van der Waals surface area (Å²) >= 11 is 6.33. The van der Waals surface area contributed by atoms with E-state index in [1.165, 1.54) is 11.1 Å². The molecule has 0 aliphatic carbocycles. The monoisotopic (exact) mass is 317 g/mol. The van der Waals surface area contributed by atoms with E-state index in [0.29, 0.717) is 0 Å². The molecule has 1 N–H and O–H groups in total. The molecule has 0 fully saturated rings. The van der Waals surface area contributed by atoms with Crippen molar-refractivity contribution in [1.82, 2.24) is 5.32 Å². The van der Waals surface area contributed by atoms with Gasteiger partial charge in [0.15, 0.2) is 0 Å². The molecule has 116 valence electrons. The normalized spacial score (nSPS) is 17.0. The van der Waals surface area contributed by atoms with E-state index in [1.807, 2.05) is 25.1 Å². The van der Waals surface area contributed by atoms with Gasteiger partial charge >= 0.3 is 0 Å². The highest BCUT2D eigenvalue weighted by Gasteiger charge is 2.25. The van der Waals surface area contributed by atoms with Crippen LogP contribution in [0.1, 0.15) is 28.3 Å². The van der Waals surface area contributed by atoms with Gasteiger partial charge in [-0.25, -0.2) is 0 Å². The molecule has 1 aliphatic heterocycles. The van der Waals surface area contributed by atoms with Gasteiger partial charge in [0.2, 0.25) is 0 Å². The van der Waals surface area contributed by atoms with Gasteiger partial charge in [-0.05, 0) is 54.3 Å². The summed E-state index contributed by atoms with van der Waals surface area (Å²) in [5, 5.41) is 4.33. The van der Waals surface area contributed by atoms with Crippen molar-refractivity contribution in [3.63, 3.8) is 0 Å². The zero-order chi connectivity index (χ0) is 15.7. The van der Waals surface area contributed by atoms with Crippen LogP contribution < -0.4 is 14.8 Å². The largest absolute Gasteiger partial charge is 0.497 e. The summed E-state index contributed by atoms with van der Waals surface area (Å²) in [5.41, 5.74) is 4.66. The lowest BCUT2D eigenvalue weighted by molar-refractivity contribution is 0.401. The first-order valence-electron chi connectivity index (χ1n) is 7.38. The lowest BCUT2D eigenvalue weighted by atomic mass is 9.89. The van der Waals surface area contributed by atoms with Crippen LogP contribution in [0.2, 0.25) is 5.02 Å². The average Bonchev–Trinajstić information content (AvgIpc) is 2.55. The summed E-state index contributed by atoms with van der Waals surface area (Å²) in [6.07, 6.45) is 0.991. The summed E-state index contributed by atoms with van der Waals surface area (Å²) in [7, 11) is 3.40. The number of halogens is 1. The molecule has 0 saturated carbocycles. The van der Waals surface area contributed by atoms with Crippen molar-refractivity contribution in [3.8, 4) is 11.5 Å². The van der Waals surface area contributed by atoms with E-state index in [9.17, 15) is 0 Å². The molecule has 1 heterocycles. The molecule has 2 aromatic carbocycles. The number of ether oxygens (including phenoxy) is 2. The van der Waals surface area contributed by atoms with Gasteiger partial charge in [-0.15, -0.1) is 0 Å². The van der Waals surface area contributed by atoms with Crippen molar-refractivity contribution < 1.29 is 9.47 Å². The molecule has 0 saturated heterocycles. The Hall–Kier alpha value is -1.71. The van der Waals surface area contributed by atoms with E-state index in [2.05, 4.69) is 17.4 Å². The predicted molar refractivity (Wildman–Crippen MR) is 89.3 cm³/mol. The Bertz CT molecular complexity index is 700. The Morgan fingerprint density at radius 3 is 2.64 bits per heavy atom. The van der Waals surface area contributed by atoms with E-state index in [0.717, 1.165) is 40.6 Å². The molecule has 0 spiro atoms. The zero-order valence-corrected chi connectivity index (χ0v) is 13.8. The van der Waals surface area contributed by atoms with Crippen LogP contribution in [0, 0.1) is 6.92 Å². The Morgan fingerprint density at radius 1 is 1.09 bits per heavy atom. The Balaban J connectivity index is 2.10. The molecule has 1 unspecified atom stereocenters. The van der Waals surface area contributed by atoms with E-state index in [-0.39, 0.29) is 6.04 Å². The van der Waals surface area contributed by atoms with Gasteiger partial charge in [-0.1, -0.05) is 17.7 Å². The number of aryl methyl sites for hydroxylation is 1.